The number of nitrogen functional groups attached to an aromatic ring is 1. The van der Waals surface area contributed by atoms with Crippen molar-refractivity contribution >= 4 is 22.9 Å². The smallest absolute Gasteiger partial charge is 0.224 e. The fraction of sp³-hybridized carbons (Fsp3) is 0.643. The Morgan fingerprint density at radius 1 is 1.23 bits per heavy atom. The van der Waals surface area contributed by atoms with Crippen LogP contribution in [-0.4, -0.2) is 48.9 Å². The summed E-state index contributed by atoms with van der Waals surface area (Å²) in [7, 11) is 0. The second-order valence-corrected chi connectivity index (χ2v) is 6.35. The van der Waals surface area contributed by atoms with Crippen LogP contribution < -0.4 is 11.1 Å². The van der Waals surface area contributed by atoms with Gasteiger partial charge in [0.15, 0.2) is 11.5 Å². The molecule has 2 saturated carbocycles. The second kappa shape index (κ2) is 5.06. The van der Waals surface area contributed by atoms with Gasteiger partial charge in [-0.25, -0.2) is 4.98 Å². The molecule has 0 radical (unpaired) electrons. The molecule has 0 aromatic carbocycles. The number of hydrogen-bond donors (Lipinski definition) is 5. The summed E-state index contributed by atoms with van der Waals surface area (Å²) >= 11 is 0. The first kappa shape index (κ1) is 13.7. The Bertz CT molecular complexity index is 698. The van der Waals surface area contributed by atoms with Crippen LogP contribution in [-0.2, 0) is 0 Å². The number of aromatic nitrogens is 4. The van der Waals surface area contributed by atoms with Crippen molar-refractivity contribution in [1.82, 2.24) is 19.9 Å². The average molecular weight is 304 g/mol. The van der Waals surface area contributed by atoms with E-state index in [0.717, 1.165) is 24.2 Å². The van der Waals surface area contributed by atoms with E-state index in [0.29, 0.717) is 30.3 Å². The maximum Gasteiger partial charge on any atom is 0.224 e. The highest BCUT2D eigenvalue weighted by Gasteiger charge is 2.35. The maximum absolute atomic E-state index is 9.96. The molecular formula is C14H20N6O2. The fourth-order valence-electron chi connectivity index (χ4n) is 3.17. The van der Waals surface area contributed by atoms with Gasteiger partial charge in [-0.1, -0.05) is 0 Å². The molecule has 2 heterocycles. The quantitative estimate of drug-likeness (QED) is 0.550. The summed E-state index contributed by atoms with van der Waals surface area (Å²) in [6, 6.07) is 0.455. The van der Waals surface area contributed by atoms with Crippen molar-refractivity contribution in [3.05, 3.63) is 5.82 Å². The van der Waals surface area contributed by atoms with Gasteiger partial charge in [0.25, 0.3) is 0 Å². The van der Waals surface area contributed by atoms with Crippen LogP contribution in [0.3, 0.4) is 0 Å². The standard InChI is InChI=1S/C14H20N6O2/c15-14-19-12(16-8-1-2-8)10-13(20-14)18-11(17-10)6-3-7(5-21)9(22)4-6/h6-9,21-22H,1-5H2,(H4,15,16,17,18,19,20)/t6-,7-,9+/m1/s1. The van der Waals surface area contributed by atoms with Gasteiger partial charge >= 0.3 is 0 Å². The summed E-state index contributed by atoms with van der Waals surface area (Å²) in [4.78, 5) is 16.3. The van der Waals surface area contributed by atoms with E-state index in [2.05, 4.69) is 25.3 Å². The molecule has 0 amide bonds. The molecule has 0 spiro atoms. The Kier molecular flexibility index (Phi) is 3.16. The number of hydrogen-bond acceptors (Lipinski definition) is 7. The van der Waals surface area contributed by atoms with Gasteiger partial charge in [0, 0.05) is 24.5 Å². The summed E-state index contributed by atoms with van der Waals surface area (Å²) in [5.41, 5.74) is 7.07. The highest BCUT2D eigenvalue weighted by Crippen LogP contribution is 2.38. The molecule has 0 saturated heterocycles. The number of aliphatic hydroxyl groups is 2. The molecule has 2 aromatic heterocycles. The predicted molar refractivity (Wildman–Crippen MR) is 81.3 cm³/mol. The number of imidazole rings is 1. The lowest BCUT2D eigenvalue weighted by atomic mass is 10.1. The number of fused-ring (bicyclic) bond motifs is 1. The summed E-state index contributed by atoms with van der Waals surface area (Å²) in [5, 5.41) is 22.6. The lowest BCUT2D eigenvalue weighted by Crippen LogP contribution is -2.16. The lowest BCUT2D eigenvalue weighted by Gasteiger charge is -2.08. The fourth-order valence-corrected chi connectivity index (χ4v) is 3.17. The van der Waals surface area contributed by atoms with Crippen molar-refractivity contribution < 1.29 is 10.2 Å². The topological polar surface area (TPSA) is 133 Å². The molecule has 2 aliphatic carbocycles. The van der Waals surface area contributed by atoms with E-state index in [1.54, 1.807) is 0 Å². The van der Waals surface area contributed by atoms with Crippen LogP contribution in [0, 0.1) is 5.92 Å². The summed E-state index contributed by atoms with van der Waals surface area (Å²) in [6.45, 7) is -0.000859. The molecule has 2 aliphatic rings. The molecule has 4 rings (SSSR count). The van der Waals surface area contributed by atoms with Gasteiger partial charge in [0.1, 0.15) is 11.3 Å². The minimum Gasteiger partial charge on any atom is -0.396 e. The molecule has 6 N–H and O–H groups in total. The number of rotatable bonds is 4. The van der Waals surface area contributed by atoms with Crippen molar-refractivity contribution in [1.29, 1.82) is 0 Å². The third kappa shape index (κ3) is 2.38. The van der Waals surface area contributed by atoms with Crippen molar-refractivity contribution in [2.45, 2.75) is 43.7 Å². The van der Waals surface area contributed by atoms with Gasteiger partial charge in [0.2, 0.25) is 5.95 Å². The molecule has 3 atom stereocenters. The van der Waals surface area contributed by atoms with Gasteiger partial charge in [-0.05, 0) is 25.7 Å². The van der Waals surface area contributed by atoms with Gasteiger partial charge in [-0.2, -0.15) is 9.97 Å². The Labute approximate surface area is 127 Å². The minimum atomic E-state index is -0.483. The van der Waals surface area contributed by atoms with Crippen molar-refractivity contribution in [2.24, 2.45) is 5.92 Å². The second-order valence-electron chi connectivity index (χ2n) is 6.35. The van der Waals surface area contributed by atoms with Gasteiger partial charge in [0.05, 0.1) is 6.10 Å². The minimum absolute atomic E-state index is 0.000859. The zero-order chi connectivity index (χ0) is 15.3. The van der Waals surface area contributed by atoms with Crippen LogP contribution in [0.4, 0.5) is 11.8 Å². The van der Waals surface area contributed by atoms with Crippen LogP contribution >= 0.6 is 0 Å². The molecule has 2 fully saturated rings. The predicted octanol–water partition coefficient (Wildman–Crippen LogP) is 0.356. The molecule has 0 unspecified atom stereocenters. The highest BCUT2D eigenvalue weighted by atomic mass is 16.3. The number of nitrogens with one attached hydrogen (secondary N) is 2. The molecular weight excluding hydrogens is 284 g/mol. The number of H-pyrrole nitrogens is 1. The first-order valence-corrected chi connectivity index (χ1v) is 7.72. The largest absolute Gasteiger partial charge is 0.396 e. The van der Waals surface area contributed by atoms with Crippen molar-refractivity contribution in [2.75, 3.05) is 17.7 Å². The first-order valence-electron chi connectivity index (χ1n) is 7.72. The van der Waals surface area contributed by atoms with Crippen LogP contribution in [0.1, 0.15) is 37.4 Å². The van der Waals surface area contributed by atoms with Gasteiger partial charge in [-0.15, -0.1) is 0 Å². The summed E-state index contributed by atoms with van der Waals surface area (Å²) < 4.78 is 0. The van der Waals surface area contributed by atoms with E-state index >= 15 is 0 Å². The van der Waals surface area contributed by atoms with Gasteiger partial charge in [-0.3, -0.25) is 0 Å². The first-order chi connectivity index (χ1) is 10.6. The van der Waals surface area contributed by atoms with E-state index < -0.39 is 6.10 Å². The Morgan fingerprint density at radius 2 is 2.05 bits per heavy atom. The zero-order valence-electron chi connectivity index (χ0n) is 12.2. The van der Waals surface area contributed by atoms with E-state index in [1.165, 1.54) is 0 Å². The van der Waals surface area contributed by atoms with E-state index in [4.69, 9.17) is 5.73 Å². The monoisotopic (exact) mass is 304 g/mol. The third-order valence-corrected chi connectivity index (χ3v) is 4.58. The Morgan fingerprint density at radius 3 is 2.73 bits per heavy atom. The molecule has 118 valence electrons. The molecule has 22 heavy (non-hydrogen) atoms. The summed E-state index contributed by atoms with van der Waals surface area (Å²) in [5.74, 6) is 1.69. The maximum atomic E-state index is 9.96. The molecule has 8 heteroatoms. The van der Waals surface area contributed by atoms with Crippen LogP contribution in [0.2, 0.25) is 0 Å². The summed E-state index contributed by atoms with van der Waals surface area (Å²) in [6.07, 6.45) is 3.10. The normalized spacial score (nSPS) is 28.4. The molecule has 2 aromatic rings. The Hall–Kier alpha value is -1.93. The number of aromatic amines is 1. The average Bonchev–Trinajstić information content (AvgIpc) is 3.06. The van der Waals surface area contributed by atoms with E-state index in [9.17, 15) is 10.2 Å². The number of nitrogens with zero attached hydrogens (tertiary/aromatic N) is 3. The molecule has 0 bridgehead atoms. The van der Waals surface area contributed by atoms with Crippen LogP contribution in [0.25, 0.3) is 11.2 Å². The van der Waals surface area contributed by atoms with E-state index in [-0.39, 0.29) is 24.4 Å². The van der Waals surface area contributed by atoms with Crippen molar-refractivity contribution in [3.63, 3.8) is 0 Å². The number of nitrogens with two attached hydrogens (primary N) is 1. The Balaban J connectivity index is 1.68. The number of anilines is 2. The highest BCUT2D eigenvalue weighted by molar-refractivity contribution is 5.84. The SMILES string of the molecule is Nc1nc(NC2CC2)c2[nH]c([C@@H]3C[C@H](CO)[C@@H](O)C3)nc2n1. The number of aliphatic hydroxyl groups excluding tert-OH is 2. The van der Waals surface area contributed by atoms with Crippen molar-refractivity contribution in [3.8, 4) is 0 Å². The molecule has 8 nitrogen and oxygen atoms in total. The lowest BCUT2D eigenvalue weighted by molar-refractivity contribution is 0.0907. The van der Waals surface area contributed by atoms with Crippen LogP contribution in [0.15, 0.2) is 0 Å². The molecule has 0 aliphatic heterocycles. The third-order valence-electron chi connectivity index (χ3n) is 4.58. The zero-order valence-corrected chi connectivity index (χ0v) is 12.2. The van der Waals surface area contributed by atoms with Gasteiger partial charge < -0.3 is 26.2 Å². The van der Waals surface area contributed by atoms with Crippen LogP contribution in [0.5, 0.6) is 0 Å². The van der Waals surface area contributed by atoms with E-state index in [1.807, 2.05) is 0 Å².